The van der Waals surface area contributed by atoms with Crippen molar-refractivity contribution in [2.45, 2.75) is 46.0 Å². The van der Waals surface area contributed by atoms with Crippen LogP contribution in [-0.2, 0) is 4.79 Å². The van der Waals surface area contributed by atoms with E-state index in [0.717, 1.165) is 6.54 Å². The van der Waals surface area contributed by atoms with Gasteiger partial charge in [0.05, 0.1) is 0 Å². The first kappa shape index (κ1) is 35.8. The van der Waals surface area contributed by atoms with Gasteiger partial charge in [0, 0.05) is 26.4 Å². The van der Waals surface area contributed by atoms with E-state index in [1.165, 1.54) is 65.2 Å². The molecule has 2 aliphatic heterocycles. The standard InChI is InChI=1S/C6H13N.C5H7N3.C5H11N.2C3H9N.C2H5NO/c1-7-5-3-2-4-6-7;1-6-5-7-3-2-4-8-5;1-6-4-2-3-5-6;1-4(2)3;1-3-4-2;1-2(3)4/h2-6H2,1H3;2-4H,1H3,(H,6,7,8);2-5H2,1H3;1-3H3;4H,3H2,1-2H3;1H3,(H2,3,4). The van der Waals surface area contributed by atoms with E-state index in [4.69, 9.17) is 0 Å². The molecule has 2 fully saturated rings. The largest absolute Gasteiger partial charge is 0.370 e. The van der Waals surface area contributed by atoms with E-state index < -0.39 is 0 Å². The van der Waals surface area contributed by atoms with E-state index in [2.05, 4.69) is 57.2 Å². The molecule has 0 aliphatic carbocycles. The SMILES string of the molecule is CC(N)=O.CCNC.CN(C)C.CN1CCCC1.CN1CCCCC1.CNc1ncccn1. The molecule has 3 heterocycles. The molecular formula is C24H54N8O. The van der Waals surface area contributed by atoms with Crippen LogP contribution in [0.15, 0.2) is 18.5 Å². The minimum Gasteiger partial charge on any atom is -0.370 e. The van der Waals surface area contributed by atoms with Crippen molar-refractivity contribution in [1.29, 1.82) is 0 Å². The second kappa shape index (κ2) is 28.2. The smallest absolute Gasteiger partial charge is 0.222 e. The molecule has 2 aliphatic rings. The lowest BCUT2D eigenvalue weighted by atomic mass is 10.1. The van der Waals surface area contributed by atoms with Gasteiger partial charge >= 0.3 is 0 Å². The van der Waals surface area contributed by atoms with Crippen molar-refractivity contribution in [3.63, 3.8) is 0 Å². The Kier molecular flexibility index (Phi) is 30.6. The summed E-state index contributed by atoms with van der Waals surface area (Å²) in [5.74, 6) is 0.326. The Morgan fingerprint density at radius 3 is 1.39 bits per heavy atom. The molecule has 1 amide bonds. The second-order valence-corrected chi connectivity index (χ2v) is 8.36. The third kappa shape index (κ3) is 41.0. The van der Waals surface area contributed by atoms with Crippen molar-refractivity contribution in [2.24, 2.45) is 5.73 Å². The number of nitrogens with zero attached hydrogens (tertiary/aromatic N) is 5. The third-order valence-corrected chi connectivity index (χ3v) is 4.05. The van der Waals surface area contributed by atoms with Gasteiger partial charge in [-0.3, -0.25) is 4.79 Å². The Morgan fingerprint density at radius 1 is 0.939 bits per heavy atom. The number of amides is 1. The molecular weight excluding hydrogens is 416 g/mol. The molecule has 1 aromatic rings. The number of nitrogens with one attached hydrogen (secondary N) is 2. The van der Waals surface area contributed by atoms with E-state index in [1.807, 2.05) is 33.1 Å². The second-order valence-electron chi connectivity index (χ2n) is 8.36. The summed E-state index contributed by atoms with van der Waals surface area (Å²) in [6.45, 7) is 9.72. The molecule has 0 unspecified atom stereocenters. The Labute approximate surface area is 204 Å². The quantitative estimate of drug-likeness (QED) is 0.605. The summed E-state index contributed by atoms with van der Waals surface area (Å²) < 4.78 is 0. The number of anilines is 1. The first-order valence-corrected chi connectivity index (χ1v) is 11.9. The molecule has 0 radical (unpaired) electrons. The van der Waals surface area contributed by atoms with Crippen molar-refractivity contribution >= 4 is 11.9 Å². The molecule has 33 heavy (non-hydrogen) atoms. The van der Waals surface area contributed by atoms with Gasteiger partial charge in [-0.15, -0.1) is 0 Å². The highest BCUT2D eigenvalue weighted by atomic mass is 16.1. The number of hydrogen-bond acceptors (Lipinski definition) is 8. The molecule has 3 rings (SSSR count). The number of piperidine rings is 1. The minimum atomic E-state index is -0.333. The van der Waals surface area contributed by atoms with Crippen molar-refractivity contribution in [3.05, 3.63) is 18.5 Å². The highest BCUT2D eigenvalue weighted by Crippen LogP contribution is 2.04. The summed E-state index contributed by atoms with van der Waals surface area (Å²) in [7, 11) is 14.1. The molecule has 0 spiro atoms. The number of aromatic nitrogens is 2. The van der Waals surface area contributed by atoms with Gasteiger partial charge in [-0.05, 0) is 107 Å². The maximum absolute atomic E-state index is 9.22. The fourth-order valence-electron chi connectivity index (χ4n) is 2.36. The lowest BCUT2D eigenvalue weighted by Gasteiger charge is -2.20. The van der Waals surface area contributed by atoms with E-state index in [1.54, 1.807) is 25.5 Å². The number of carbonyl (C=O) groups excluding carboxylic acids is 1. The first-order valence-electron chi connectivity index (χ1n) is 11.9. The number of nitrogens with two attached hydrogens (primary N) is 1. The van der Waals surface area contributed by atoms with E-state index >= 15 is 0 Å². The van der Waals surface area contributed by atoms with Gasteiger partial charge < -0.3 is 31.1 Å². The van der Waals surface area contributed by atoms with Crippen LogP contribution in [0.25, 0.3) is 0 Å². The van der Waals surface area contributed by atoms with Gasteiger partial charge in [0.15, 0.2) is 0 Å². The molecule has 196 valence electrons. The summed E-state index contributed by atoms with van der Waals surface area (Å²) in [4.78, 5) is 23.7. The highest BCUT2D eigenvalue weighted by molar-refractivity contribution is 5.70. The van der Waals surface area contributed by atoms with E-state index in [0.29, 0.717) is 5.95 Å². The van der Waals surface area contributed by atoms with Crippen LogP contribution in [0.3, 0.4) is 0 Å². The maximum atomic E-state index is 9.22. The van der Waals surface area contributed by atoms with Crippen LogP contribution in [0, 0.1) is 0 Å². The molecule has 0 aromatic carbocycles. The summed E-state index contributed by atoms with van der Waals surface area (Å²) in [5, 5.41) is 5.74. The zero-order valence-corrected chi connectivity index (χ0v) is 23.0. The molecule has 0 bridgehead atoms. The third-order valence-electron chi connectivity index (χ3n) is 4.05. The Morgan fingerprint density at radius 2 is 1.24 bits per heavy atom. The Bertz CT molecular complexity index is 482. The molecule has 9 nitrogen and oxygen atoms in total. The molecule has 2 saturated heterocycles. The maximum Gasteiger partial charge on any atom is 0.222 e. The lowest BCUT2D eigenvalue weighted by molar-refractivity contribution is -0.115. The van der Waals surface area contributed by atoms with Crippen LogP contribution < -0.4 is 16.4 Å². The monoisotopic (exact) mass is 470 g/mol. The van der Waals surface area contributed by atoms with Crippen molar-refractivity contribution < 1.29 is 4.79 Å². The molecule has 9 heteroatoms. The summed E-state index contributed by atoms with van der Waals surface area (Å²) >= 11 is 0. The number of likely N-dealkylation sites (tertiary alicyclic amines) is 2. The van der Waals surface area contributed by atoms with Crippen LogP contribution in [-0.4, -0.2) is 113 Å². The van der Waals surface area contributed by atoms with Gasteiger partial charge in [0.1, 0.15) is 0 Å². The minimum absolute atomic E-state index is 0.333. The molecule has 0 saturated carbocycles. The Hall–Kier alpha value is -1.81. The topological polar surface area (TPSA) is 103 Å². The van der Waals surface area contributed by atoms with Crippen molar-refractivity contribution in [1.82, 2.24) is 30.0 Å². The number of carbonyl (C=O) groups is 1. The molecule has 1 aromatic heterocycles. The fraction of sp³-hybridized carbons (Fsp3) is 0.792. The van der Waals surface area contributed by atoms with Gasteiger partial charge in [-0.25, -0.2) is 9.97 Å². The average molecular weight is 471 g/mol. The average Bonchev–Trinajstić information content (AvgIpc) is 3.26. The van der Waals surface area contributed by atoms with Gasteiger partial charge in [-0.2, -0.15) is 0 Å². The van der Waals surface area contributed by atoms with Crippen molar-refractivity contribution in [3.8, 4) is 0 Å². The van der Waals surface area contributed by atoms with Gasteiger partial charge in [0.25, 0.3) is 0 Å². The van der Waals surface area contributed by atoms with Crippen LogP contribution in [0.2, 0.25) is 0 Å². The van der Waals surface area contributed by atoms with Crippen LogP contribution in [0.5, 0.6) is 0 Å². The number of hydrogen-bond donors (Lipinski definition) is 3. The zero-order chi connectivity index (χ0) is 25.9. The zero-order valence-electron chi connectivity index (χ0n) is 23.0. The molecule has 0 atom stereocenters. The predicted octanol–water partition coefficient (Wildman–Crippen LogP) is 2.23. The number of rotatable bonds is 2. The first-order chi connectivity index (χ1) is 15.6. The fourth-order valence-corrected chi connectivity index (χ4v) is 2.36. The van der Waals surface area contributed by atoms with Crippen LogP contribution in [0.1, 0.15) is 46.0 Å². The summed E-state index contributed by atoms with van der Waals surface area (Å²) in [5.41, 5.74) is 4.47. The van der Waals surface area contributed by atoms with Crippen LogP contribution >= 0.6 is 0 Å². The Balaban J connectivity index is -0.000000337. The van der Waals surface area contributed by atoms with Gasteiger partial charge in [0.2, 0.25) is 11.9 Å². The summed E-state index contributed by atoms with van der Waals surface area (Å²) in [6, 6.07) is 1.78. The van der Waals surface area contributed by atoms with Gasteiger partial charge in [-0.1, -0.05) is 13.3 Å². The lowest BCUT2D eigenvalue weighted by Crippen LogP contribution is -2.24. The molecule has 4 N–H and O–H groups in total. The van der Waals surface area contributed by atoms with E-state index in [9.17, 15) is 4.79 Å². The highest BCUT2D eigenvalue weighted by Gasteiger charge is 2.03. The van der Waals surface area contributed by atoms with E-state index in [-0.39, 0.29) is 5.91 Å². The predicted molar refractivity (Wildman–Crippen MR) is 144 cm³/mol. The number of primary amides is 1. The summed E-state index contributed by atoms with van der Waals surface area (Å²) in [6.07, 6.45) is 10.5. The van der Waals surface area contributed by atoms with Crippen LogP contribution in [0.4, 0.5) is 5.95 Å². The van der Waals surface area contributed by atoms with Crippen molar-refractivity contribution in [2.75, 3.05) is 87.4 Å². The normalized spacial score (nSPS) is 14.8.